The lowest BCUT2D eigenvalue weighted by Gasteiger charge is -2.18. The zero-order valence-electron chi connectivity index (χ0n) is 20.7. The van der Waals surface area contributed by atoms with Crippen molar-refractivity contribution < 1.29 is 5.11 Å². The molecule has 0 aliphatic carbocycles. The summed E-state index contributed by atoms with van der Waals surface area (Å²) in [5, 5.41) is 21.5. The maximum absolute atomic E-state index is 10.3. The smallest absolute Gasteiger partial charge is 0.130 e. The van der Waals surface area contributed by atoms with Gasteiger partial charge in [-0.15, -0.1) is 11.8 Å². The average molecular weight is 496 g/mol. The molecule has 182 valence electrons. The topological polar surface area (TPSA) is 75.9 Å². The van der Waals surface area contributed by atoms with E-state index >= 15 is 0 Å². The van der Waals surface area contributed by atoms with Crippen LogP contribution < -0.4 is 5.32 Å². The monoisotopic (exact) mass is 495 g/mol. The molecule has 0 unspecified atom stereocenters. The van der Waals surface area contributed by atoms with Crippen LogP contribution >= 0.6 is 11.8 Å². The van der Waals surface area contributed by atoms with Crippen LogP contribution in [0.2, 0.25) is 0 Å². The molecule has 0 radical (unpaired) electrons. The third-order valence-electron chi connectivity index (χ3n) is 6.72. The van der Waals surface area contributed by atoms with Crippen LogP contribution in [0.1, 0.15) is 31.4 Å². The molecule has 0 spiro atoms. The predicted octanol–water partition coefficient (Wildman–Crippen LogP) is 6.51. The Bertz CT molecular complexity index is 1600. The van der Waals surface area contributed by atoms with Crippen LogP contribution in [0.4, 0.5) is 11.5 Å². The van der Waals surface area contributed by atoms with Crippen LogP contribution in [0.15, 0.2) is 66.0 Å². The summed E-state index contributed by atoms with van der Waals surface area (Å²) in [7, 11) is 0. The number of thioether (sulfide) groups is 1. The van der Waals surface area contributed by atoms with E-state index in [0.717, 1.165) is 56.4 Å². The summed E-state index contributed by atoms with van der Waals surface area (Å²) in [5.74, 6) is 2.00. The lowest BCUT2D eigenvalue weighted by Crippen LogP contribution is -2.26. The molecule has 6 rings (SSSR count). The molecule has 1 aliphatic heterocycles. The number of hydrogen-bond donors (Lipinski definition) is 2. The molecule has 1 aliphatic rings. The minimum absolute atomic E-state index is 0.434. The van der Waals surface area contributed by atoms with Crippen molar-refractivity contribution in [1.29, 1.82) is 0 Å². The SMILES string of the molecule is Cc1c(-c2nccc3cnc(Nc4ccc5c(c4)CCCS5)cc23)ccc2c1cnn2CC(C)(C)O. The van der Waals surface area contributed by atoms with E-state index in [4.69, 9.17) is 4.98 Å². The van der Waals surface area contributed by atoms with Gasteiger partial charge in [-0.1, -0.05) is 6.07 Å². The molecule has 4 heterocycles. The fourth-order valence-corrected chi connectivity index (χ4v) is 5.99. The maximum atomic E-state index is 10.3. The lowest BCUT2D eigenvalue weighted by molar-refractivity contribution is 0.0591. The van der Waals surface area contributed by atoms with Gasteiger partial charge in [-0.25, -0.2) is 4.98 Å². The highest BCUT2D eigenvalue weighted by Crippen LogP contribution is 2.35. The Balaban J connectivity index is 1.39. The quantitative estimate of drug-likeness (QED) is 0.290. The lowest BCUT2D eigenvalue weighted by atomic mass is 9.98. The van der Waals surface area contributed by atoms with Crippen molar-refractivity contribution in [2.24, 2.45) is 0 Å². The molecule has 0 saturated heterocycles. The van der Waals surface area contributed by atoms with Gasteiger partial charge in [0, 0.05) is 44.7 Å². The van der Waals surface area contributed by atoms with Crippen LogP contribution in [-0.4, -0.2) is 36.2 Å². The van der Waals surface area contributed by atoms with Crippen LogP contribution in [0.3, 0.4) is 0 Å². The Morgan fingerprint density at radius 3 is 2.81 bits per heavy atom. The van der Waals surface area contributed by atoms with Crippen LogP contribution in [0.25, 0.3) is 32.9 Å². The predicted molar refractivity (Wildman–Crippen MR) is 148 cm³/mol. The first-order valence-electron chi connectivity index (χ1n) is 12.3. The van der Waals surface area contributed by atoms with Crippen molar-refractivity contribution in [2.75, 3.05) is 11.1 Å². The minimum atomic E-state index is -0.837. The third-order valence-corrected chi connectivity index (χ3v) is 7.92. The first kappa shape index (κ1) is 23.0. The molecule has 5 aromatic rings. The number of anilines is 2. The van der Waals surface area contributed by atoms with Gasteiger partial charge < -0.3 is 10.4 Å². The summed E-state index contributed by atoms with van der Waals surface area (Å²) in [6, 6.07) is 14.9. The molecule has 7 heteroatoms. The summed E-state index contributed by atoms with van der Waals surface area (Å²) in [5.41, 5.74) is 5.75. The molecule has 0 fully saturated rings. The third kappa shape index (κ3) is 4.33. The van der Waals surface area contributed by atoms with Gasteiger partial charge >= 0.3 is 0 Å². The van der Waals surface area contributed by atoms with Crippen molar-refractivity contribution in [2.45, 2.75) is 50.7 Å². The van der Waals surface area contributed by atoms with E-state index in [-0.39, 0.29) is 0 Å². The maximum Gasteiger partial charge on any atom is 0.130 e. The summed E-state index contributed by atoms with van der Waals surface area (Å²) in [4.78, 5) is 10.9. The summed E-state index contributed by atoms with van der Waals surface area (Å²) < 4.78 is 1.87. The fraction of sp³-hybridized carbons (Fsp3) is 0.276. The van der Waals surface area contributed by atoms with Crippen molar-refractivity contribution in [3.8, 4) is 11.3 Å². The summed E-state index contributed by atoms with van der Waals surface area (Å²) >= 11 is 1.94. The Labute approximate surface area is 214 Å². The number of aliphatic hydroxyl groups is 1. The molecule has 0 bridgehead atoms. The van der Waals surface area contributed by atoms with Gasteiger partial charge in [-0.2, -0.15) is 5.10 Å². The Morgan fingerprint density at radius 2 is 1.94 bits per heavy atom. The number of fused-ring (bicyclic) bond motifs is 3. The zero-order chi connectivity index (χ0) is 24.9. The minimum Gasteiger partial charge on any atom is -0.389 e. The number of aromatic nitrogens is 4. The molecule has 0 saturated carbocycles. The molecule has 0 atom stereocenters. The molecule has 0 amide bonds. The van der Waals surface area contributed by atoms with E-state index < -0.39 is 5.60 Å². The normalized spacial score (nSPS) is 13.8. The highest BCUT2D eigenvalue weighted by molar-refractivity contribution is 7.99. The molecule has 3 aromatic heterocycles. The number of benzene rings is 2. The van der Waals surface area contributed by atoms with E-state index in [2.05, 4.69) is 58.7 Å². The molecule has 6 nitrogen and oxygen atoms in total. The molecule has 2 N–H and O–H groups in total. The van der Waals surface area contributed by atoms with E-state index in [9.17, 15) is 5.11 Å². The van der Waals surface area contributed by atoms with E-state index in [0.29, 0.717) is 6.54 Å². The number of aryl methyl sites for hydroxylation is 2. The van der Waals surface area contributed by atoms with Gasteiger partial charge in [0.05, 0.1) is 29.6 Å². The second-order valence-electron chi connectivity index (χ2n) is 10.1. The van der Waals surface area contributed by atoms with E-state index in [1.54, 1.807) is 13.8 Å². The molecule has 36 heavy (non-hydrogen) atoms. The average Bonchev–Trinajstić information content (AvgIpc) is 3.26. The van der Waals surface area contributed by atoms with Crippen molar-refractivity contribution >= 4 is 44.9 Å². The largest absolute Gasteiger partial charge is 0.389 e. The van der Waals surface area contributed by atoms with E-state index in [1.165, 1.54) is 22.6 Å². The van der Waals surface area contributed by atoms with Crippen molar-refractivity contribution in [3.05, 3.63) is 72.2 Å². The van der Waals surface area contributed by atoms with Gasteiger partial charge in [-0.05, 0) is 86.9 Å². The number of nitrogens with one attached hydrogen (secondary N) is 1. The second-order valence-corrected chi connectivity index (χ2v) is 11.3. The zero-order valence-corrected chi connectivity index (χ0v) is 21.6. The summed E-state index contributed by atoms with van der Waals surface area (Å²) in [6.45, 7) is 6.14. The Kier molecular flexibility index (Phi) is 5.69. The fourth-order valence-electron chi connectivity index (χ4n) is 4.98. The van der Waals surface area contributed by atoms with Gasteiger partial charge in [0.2, 0.25) is 0 Å². The number of hydrogen-bond acceptors (Lipinski definition) is 6. The van der Waals surface area contributed by atoms with Gasteiger partial charge in [0.15, 0.2) is 0 Å². The highest BCUT2D eigenvalue weighted by atomic mass is 32.2. The standard InChI is InChI=1S/C29H29N5OS/c1-18-22(7-8-25-24(18)16-32-34(25)17-29(2,3)35)28-23-14-27(31-15-20(23)10-11-30-28)33-21-6-9-26-19(13-21)5-4-12-36-26/h6-11,13-16,35H,4-5,12,17H2,1-3H3,(H,31,33). The number of rotatable bonds is 5. The molecular formula is C29H29N5OS. The van der Waals surface area contributed by atoms with E-state index in [1.807, 2.05) is 41.1 Å². The number of nitrogens with zero attached hydrogens (tertiary/aromatic N) is 4. The van der Waals surface area contributed by atoms with Gasteiger partial charge in [0.25, 0.3) is 0 Å². The Morgan fingerprint density at radius 1 is 1.06 bits per heavy atom. The number of pyridine rings is 2. The molecular weight excluding hydrogens is 466 g/mol. The Hall–Kier alpha value is -3.42. The van der Waals surface area contributed by atoms with Crippen LogP contribution in [0, 0.1) is 6.92 Å². The van der Waals surface area contributed by atoms with Crippen LogP contribution in [0.5, 0.6) is 0 Å². The first-order chi connectivity index (χ1) is 17.4. The second kappa shape index (κ2) is 8.91. The first-order valence-corrected chi connectivity index (χ1v) is 13.3. The summed E-state index contributed by atoms with van der Waals surface area (Å²) in [6.07, 6.45) is 7.99. The van der Waals surface area contributed by atoms with Crippen molar-refractivity contribution in [3.63, 3.8) is 0 Å². The highest BCUT2D eigenvalue weighted by Gasteiger charge is 2.18. The van der Waals surface area contributed by atoms with Gasteiger partial charge in [0.1, 0.15) is 5.82 Å². The van der Waals surface area contributed by atoms with Gasteiger partial charge in [-0.3, -0.25) is 9.67 Å². The molecule has 2 aromatic carbocycles. The van der Waals surface area contributed by atoms with Crippen molar-refractivity contribution in [1.82, 2.24) is 19.7 Å². The van der Waals surface area contributed by atoms with Crippen LogP contribution in [-0.2, 0) is 13.0 Å².